The molecule has 6 heteroatoms. The Balaban J connectivity index is 3.01. The Morgan fingerprint density at radius 2 is 2.12 bits per heavy atom. The Morgan fingerprint density at radius 3 is 2.62 bits per heavy atom. The molecule has 0 bridgehead atoms. The van der Waals surface area contributed by atoms with Gasteiger partial charge in [-0.15, -0.1) is 0 Å². The Labute approximate surface area is 104 Å². The molecule has 1 rings (SSSR count). The van der Waals surface area contributed by atoms with Gasteiger partial charge in [-0.05, 0) is 47.1 Å². The lowest BCUT2D eigenvalue weighted by Crippen LogP contribution is -2.11. The van der Waals surface area contributed by atoms with Crippen molar-refractivity contribution in [2.75, 3.05) is 19.4 Å². The van der Waals surface area contributed by atoms with E-state index in [1.165, 1.54) is 13.2 Å². The van der Waals surface area contributed by atoms with Crippen LogP contribution in [0.15, 0.2) is 27.6 Å². The summed E-state index contributed by atoms with van der Waals surface area (Å²) in [5, 5.41) is 0. The van der Waals surface area contributed by atoms with Crippen LogP contribution in [0.4, 0.5) is 0 Å². The molecule has 0 atom stereocenters. The molecular formula is C10H14BrNO3S. The summed E-state index contributed by atoms with van der Waals surface area (Å²) in [7, 11) is -1.71. The largest absolute Gasteiger partial charge is 0.496 e. The molecule has 0 aromatic heterocycles. The molecular weight excluding hydrogens is 294 g/mol. The number of hydrogen-bond donors (Lipinski definition) is 1. The second-order valence-corrected chi connectivity index (χ2v) is 6.22. The van der Waals surface area contributed by atoms with E-state index in [-0.39, 0.29) is 10.6 Å². The highest BCUT2D eigenvalue weighted by Gasteiger charge is 2.15. The highest BCUT2D eigenvalue weighted by atomic mass is 79.9. The number of halogens is 1. The predicted octanol–water partition coefficient (Wildman–Crippen LogP) is 1.58. The zero-order valence-electron chi connectivity index (χ0n) is 8.94. The van der Waals surface area contributed by atoms with Crippen molar-refractivity contribution in [3.63, 3.8) is 0 Å². The topological polar surface area (TPSA) is 69.4 Å². The van der Waals surface area contributed by atoms with Crippen LogP contribution in [-0.4, -0.2) is 27.8 Å². The van der Waals surface area contributed by atoms with Gasteiger partial charge in [0, 0.05) is 0 Å². The van der Waals surface area contributed by atoms with Crippen molar-refractivity contribution in [2.24, 2.45) is 5.73 Å². The molecule has 90 valence electrons. The van der Waals surface area contributed by atoms with Gasteiger partial charge < -0.3 is 10.5 Å². The van der Waals surface area contributed by atoms with E-state index >= 15 is 0 Å². The third kappa shape index (κ3) is 3.20. The van der Waals surface area contributed by atoms with Crippen LogP contribution >= 0.6 is 15.9 Å². The van der Waals surface area contributed by atoms with Crippen molar-refractivity contribution in [3.05, 3.63) is 22.7 Å². The van der Waals surface area contributed by atoms with Gasteiger partial charge in [-0.3, -0.25) is 0 Å². The highest BCUT2D eigenvalue weighted by molar-refractivity contribution is 9.10. The molecule has 0 heterocycles. The summed E-state index contributed by atoms with van der Waals surface area (Å²) in [6.45, 7) is 0.372. The first-order valence-corrected chi connectivity index (χ1v) is 7.22. The lowest BCUT2D eigenvalue weighted by molar-refractivity contribution is 0.411. The molecule has 0 aliphatic heterocycles. The summed E-state index contributed by atoms with van der Waals surface area (Å²) < 4.78 is 29.3. The standard InChI is InChI=1S/C10H14BrNO3S/c1-15-10-4-3-8(7-9(10)11)16(13,14)6-2-5-12/h3-4,7H,2,5-6,12H2,1H3. The number of sulfone groups is 1. The van der Waals surface area contributed by atoms with Gasteiger partial charge in [0.05, 0.1) is 22.2 Å². The van der Waals surface area contributed by atoms with Crippen LogP contribution in [0.25, 0.3) is 0 Å². The second-order valence-electron chi connectivity index (χ2n) is 3.26. The van der Waals surface area contributed by atoms with Crippen LogP contribution in [0, 0.1) is 0 Å². The van der Waals surface area contributed by atoms with Crippen LogP contribution in [0.2, 0.25) is 0 Å². The first-order chi connectivity index (χ1) is 7.51. The highest BCUT2D eigenvalue weighted by Crippen LogP contribution is 2.27. The number of hydrogen-bond acceptors (Lipinski definition) is 4. The molecule has 0 radical (unpaired) electrons. The van der Waals surface area contributed by atoms with E-state index in [2.05, 4.69) is 15.9 Å². The maximum Gasteiger partial charge on any atom is 0.178 e. The first-order valence-electron chi connectivity index (χ1n) is 4.77. The van der Waals surface area contributed by atoms with Gasteiger partial charge in [0.2, 0.25) is 0 Å². The third-order valence-electron chi connectivity index (χ3n) is 2.10. The number of benzene rings is 1. The molecule has 16 heavy (non-hydrogen) atoms. The van der Waals surface area contributed by atoms with Crippen LogP contribution < -0.4 is 10.5 Å². The third-order valence-corrected chi connectivity index (χ3v) is 4.52. The van der Waals surface area contributed by atoms with Crippen molar-refractivity contribution in [2.45, 2.75) is 11.3 Å². The fraction of sp³-hybridized carbons (Fsp3) is 0.400. The Morgan fingerprint density at radius 1 is 1.44 bits per heavy atom. The summed E-state index contributed by atoms with van der Waals surface area (Å²) in [6, 6.07) is 4.71. The molecule has 0 amide bonds. The molecule has 0 fully saturated rings. The molecule has 0 spiro atoms. The first kappa shape index (κ1) is 13.5. The molecule has 2 N–H and O–H groups in total. The summed E-state index contributed by atoms with van der Waals surface area (Å²) >= 11 is 3.25. The number of rotatable bonds is 5. The van der Waals surface area contributed by atoms with E-state index in [1.54, 1.807) is 12.1 Å². The summed E-state index contributed by atoms with van der Waals surface area (Å²) in [5.41, 5.74) is 5.30. The summed E-state index contributed by atoms with van der Waals surface area (Å²) in [5.74, 6) is 0.681. The molecule has 0 aliphatic rings. The number of nitrogens with two attached hydrogens (primary N) is 1. The minimum atomic E-state index is -3.24. The van der Waals surface area contributed by atoms with Crippen LogP contribution in [0.1, 0.15) is 6.42 Å². The van der Waals surface area contributed by atoms with Gasteiger partial charge >= 0.3 is 0 Å². The average molecular weight is 308 g/mol. The maximum atomic E-state index is 11.8. The monoisotopic (exact) mass is 307 g/mol. The second kappa shape index (κ2) is 5.65. The minimum absolute atomic E-state index is 0.0717. The lowest BCUT2D eigenvalue weighted by Gasteiger charge is -2.07. The molecule has 1 aromatic rings. The number of methoxy groups -OCH3 is 1. The fourth-order valence-electron chi connectivity index (χ4n) is 1.23. The van der Waals surface area contributed by atoms with Crippen molar-refractivity contribution in [3.8, 4) is 5.75 Å². The quantitative estimate of drug-likeness (QED) is 0.896. The van der Waals surface area contributed by atoms with E-state index in [9.17, 15) is 8.42 Å². The van der Waals surface area contributed by atoms with Gasteiger partial charge in [-0.25, -0.2) is 8.42 Å². The Hall–Kier alpha value is -0.590. The molecule has 1 aromatic carbocycles. The minimum Gasteiger partial charge on any atom is -0.496 e. The van der Waals surface area contributed by atoms with E-state index in [0.29, 0.717) is 23.2 Å². The van der Waals surface area contributed by atoms with Gasteiger partial charge in [0.25, 0.3) is 0 Å². The Kier molecular flexibility index (Phi) is 4.76. The normalized spacial score (nSPS) is 11.4. The van der Waals surface area contributed by atoms with Crippen LogP contribution in [-0.2, 0) is 9.84 Å². The molecule has 0 unspecified atom stereocenters. The van der Waals surface area contributed by atoms with Crippen molar-refractivity contribution in [1.82, 2.24) is 0 Å². The smallest absolute Gasteiger partial charge is 0.178 e. The van der Waals surface area contributed by atoms with Gasteiger partial charge in [0.15, 0.2) is 9.84 Å². The van der Waals surface area contributed by atoms with E-state index in [4.69, 9.17) is 10.5 Å². The van der Waals surface area contributed by atoms with Crippen molar-refractivity contribution >= 4 is 25.8 Å². The summed E-state index contributed by atoms with van der Waals surface area (Å²) in [4.78, 5) is 0.286. The maximum absolute atomic E-state index is 11.8. The molecule has 0 saturated heterocycles. The summed E-state index contributed by atoms with van der Waals surface area (Å²) in [6.07, 6.45) is 0.464. The zero-order chi connectivity index (χ0) is 12.2. The SMILES string of the molecule is COc1ccc(S(=O)(=O)CCCN)cc1Br. The van der Waals surface area contributed by atoms with Gasteiger partial charge in [0.1, 0.15) is 5.75 Å². The average Bonchev–Trinajstić information content (AvgIpc) is 2.26. The van der Waals surface area contributed by atoms with E-state index in [0.717, 1.165) is 0 Å². The molecule has 4 nitrogen and oxygen atoms in total. The Bertz CT molecular complexity index is 459. The zero-order valence-corrected chi connectivity index (χ0v) is 11.3. The van der Waals surface area contributed by atoms with Crippen molar-refractivity contribution < 1.29 is 13.2 Å². The van der Waals surface area contributed by atoms with Gasteiger partial charge in [-0.1, -0.05) is 0 Å². The van der Waals surface area contributed by atoms with Crippen molar-refractivity contribution in [1.29, 1.82) is 0 Å². The fourth-order valence-corrected chi connectivity index (χ4v) is 3.28. The molecule has 0 saturated carbocycles. The predicted molar refractivity (Wildman–Crippen MR) is 66.4 cm³/mol. The van der Waals surface area contributed by atoms with Crippen LogP contribution in [0.5, 0.6) is 5.75 Å². The molecule has 0 aliphatic carbocycles. The van der Waals surface area contributed by atoms with Gasteiger partial charge in [-0.2, -0.15) is 0 Å². The lowest BCUT2D eigenvalue weighted by atomic mass is 10.3. The number of ether oxygens (including phenoxy) is 1. The van der Waals surface area contributed by atoms with Crippen LogP contribution in [0.3, 0.4) is 0 Å². The van der Waals surface area contributed by atoms with E-state index in [1.807, 2.05) is 0 Å². The van der Waals surface area contributed by atoms with E-state index < -0.39 is 9.84 Å².